The molecule has 2 amide bonds. The molecule has 0 heterocycles. The van der Waals surface area contributed by atoms with E-state index in [1.165, 1.54) is 43.3 Å². The van der Waals surface area contributed by atoms with Crippen molar-refractivity contribution in [1.29, 1.82) is 0 Å². The van der Waals surface area contributed by atoms with Gasteiger partial charge >= 0.3 is 5.97 Å². The molecule has 1 unspecified atom stereocenters. The summed E-state index contributed by atoms with van der Waals surface area (Å²) in [6.45, 7) is 1.34. The molecule has 4 aromatic carbocycles. The minimum Gasteiger partial charge on any atom is -0.481 e. The molecule has 0 saturated heterocycles. The van der Waals surface area contributed by atoms with Crippen molar-refractivity contribution in [3.05, 3.63) is 113 Å². The maximum Gasteiger partial charge on any atom is 0.305 e. The third-order valence-electron chi connectivity index (χ3n) is 6.06. The zero-order chi connectivity index (χ0) is 29.6. The molecule has 0 aliphatic heterocycles. The van der Waals surface area contributed by atoms with E-state index in [-0.39, 0.29) is 28.5 Å². The maximum atomic E-state index is 13.4. The topological polar surface area (TPSA) is 142 Å². The average Bonchev–Trinajstić information content (AvgIpc) is 2.94. The molecule has 0 aromatic heterocycles. The maximum absolute atomic E-state index is 13.4. The van der Waals surface area contributed by atoms with E-state index in [4.69, 9.17) is 0 Å². The van der Waals surface area contributed by atoms with Crippen LogP contribution in [0.3, 0.4) is 0 Å². The van der Waals surface area contributed by atoms with Gasteiger partial charge < -0.3 is 15.7 Å². The average molecular weight is 637 g/mol. The Kier molecular flexibility index (Phi) is 9.21. The number of rotatable bonds is 10. The van der Waals surface area contributed by atoms with E-state index in [0.717, 1.165) is 11.1 Å². The lowest BCUT2D eigenvalue weighted by Crippen LogP contribution is -2.31. The number of anilines is 2. The predicted molar refractivity (Wildman–Crippen MR) is 160 cm³/mol. The molecule has 0 radical (unpaired) electrons. The molecule has 4 N–H and O–H groups in total. The second-order valence-corrected chi connectivity index (χ2v) is 11.7. The van der Waals surface area contributed by atoms with Crippen molar-refractivity contribution in [3.8, 4) is 11.1 Å². The Hall–Kier alpha value is -4.48. The molecule has 9 nitrogen and oxygen atoms in total. The number of carbonyl (C=O) groups excluding carboxylic acids is 2. The summed E-state index contributed by atoms with van der Waals surface area (Å²) in [5.74, 6) is -2.07. The van der Waals surface area contributed by atoms with Crippen LogP contribution in [0.4, 0.5) is 11.4 Å². The second kappa shape index (κ2) is 12.8. The number of nitrogens with one attached hydrogen (secondary N) is 3. The molecule has 4 rings (SSSR count). The summed E-state index contributed by atoms with van der Waals surface area (Å²) in [5.41, 5.74) is 2.94. The highest BCUT2D eigenvalue weighted by atomic mass is 79.9. The van der Waals surface area contributed by atoms with Crippen LogP contribution in [0.5, 0.6) is 0 Å². The van der Waals surface area contributed by atoms with Crippen molar-refractivity contribution in [3.63, 3.8) is 0 Å². The Bertz CT molecular complexity index is 1680. The number of amides is 2. The lowest BCUT2D eigenvalue weighted by molar-refractivity contribution is -0.137. The van der Waals surface area contributed by atoms with Crippen molar-refractivity contribution in [2.75, 3.05) is 10.0 Å². The van der Waals surface area contributed by atoms with Crippen molar-refractivity contribution < 1.29 is 27.9 Å². The summed E-state index contributed by atoms with van der Waals surface area (Å²) in [4.78, 5) is 36.3. The molecular weight excluding hydrogens is 610 g/mol. The smallest absolute Gasteiger partial charge is 0.305 e. The number of sulfonamides is 1. The molecule has 1 atom stereocenters. The van der Waals surface area contributed by atoms with Gasteiger partial charge in [0, 0.05) is 17.1 Å². The quantitative estimate of drug-likeness (QED) is 0.173. The van der Waals surface area contributed by atoms with E-state index in [1.807, 2.05) is 42.5 Å². The number of aliphatic carboxylic acids is 1. The number of benzene rings is 4. The number of halogens is 1. The van der Waals surface area contributed by atoms with E-state index in [2.05, 4.69) is 31.3 Å². The normalized spacial score (nSPS) is 11.8. The first-order chi connectivity index (χ1) is 19.5. The van der Waals surface area contributed by atoms with Gasteiger partial charge in [-0.2, -0.15) is 0 Å². The summed E-state index contributed by atoms with van der Waals surface area (Å²) in [6, 6.07) is 26.0. The fraction of sp³-hybridized carbons (Fsp3) is 0.100. The fourth-order valence-electron chi connectivity index (χ4n) is 4.12. The molecule has 0 aliphatic rings. The predicted octanol–water partition coefficient (Wildman–Crippen LogP) is 5.82. The van der Waals surface area contributed by atoms with Crippen LogP contribution in [-0.2, 0) is 19.6 Å². The highest BCUT2D eigenvalue weighted by Gasteiger charge is 2.23. The van der Waals surface area contributed by atoms with E-state index in [1.54, 1.807) is 18.2 Å². The van der Waals surface area contributed by atoms with Crippen LogP contribution in [0, 0.1) is 0 Å². The van der Waals surface area contributed by atoms with Crippen LogP contribution < -0.4 is 15.4 Å². The van der Waals surface area contributed by atoms with Crippen LogP contribution in [0.15, 0.2) is 106 Å². The molecule has 41 heavy (non-hydrogen) atoms. The molecule has 210 valence electrons. The standard InChI is InChI=1S/C30H26BrN3O6S/c1-19(35)32-24-12-14-25(15-13-24)41(39,40)34-27-16-11-23(31)17-26(27)30(38)33-28(18-29(36)37)22-9-7-21(8-10-22)20-5-3-2-4-6-20/h2-17,28,34H,18H2,1H3,(H,32,35)(H,33,38)(H,36,37). The monoisotopic (exact) mass is 635 g/mol. The summed E-state index contributed by atoms with van der Waals surface area (Å²) < 4.78 is 29.2. The largest absolute Gasteiger partial charge is 0.481 e. The van der Waals surface area contributed by atoms with Crippen molar-refractivity contribution in [1.82, 2.24) is 5.32 Å². The van der Waals surface area contributed by atoms with Gasteiger partial charge in [0.2, 0.25) is 5.91 Å². The zero-order valence-corrected chi connectivity index (χ0v) is 24.2. The number of carboxylic acids is 1. The Morgan fingerprint density at radius 1 is 0.854 bits per heavy atom. The summed E-state index contributed by atoms with van der Waals surface area (Å²) in [5, 5.41) is 14.8. The summed E-state index contributed by atoms with van der Waals surface area (Å²) in [6.07, 6.45) is -0.383. The van der Waals surface area contributed by atoms with Gasteiger partial charge in [0.1, 0.15) is 0 Å². The van der Waals surface area contributed by atoms with Crippen LogP contribution in [0.1, 0.15) is 35.3 Å². The van der Waals surface area contributed by atoms with Crippen LogP contribution in [0.2, 0.25) is 0 Å². The molecule has 0 saturated carbocycles. The Morgan fingerprint density at radius 2 is 1.49 bits per heavy atom. The van der Waals surface area contributed by atoms with Crippen LogP contribution in [-0.4, -0.2) is 31.3 Å². The lowest BCUT2D eigenvalue weighted by Gasteiger charge is -2.20. The van der Waals surface area contributed by atoms with Gasteiger partial charge in [-0.25, -0.2) is 8.42 Å². The molecule has 11 heteroatoms. The van der Waals surface area contributed by atoms with E-state index < -0.39 is 27.9 Å². The highest BCUT2D eigenvalue weighted by molar-refractivity contribution is 9.10. The highest BCUT2D eigenvalue weighted by Crippen LogP contribution is 2.27. The minimum absolute atomic E-state index is 0.00476. The van der Waals surface area contributed by atoms with Gasteiger partial charge in [-0.3, -0.25) is 19.1 Å². The fourth-order valence-corrected chi connectivity index (χ4v) is 5.56. The summed E-state index contributed by atoms with van der Waals surface area (Å²) >= 11 is 3.31. The van der Waals surface area contributed by atoms with Gasteiger partial charge in [-0.1, -0.05) is 70.5 Å². The molecule has 0 fully saturated rings. The first-order valence-corrected chi connectivity index (χ1v) is 14.7. The summed E-state index contributed by atoms with van der Waals surface area (Å²) in [7, 11) is -4.11. The molecular formula is C30H26BrN3O6S. The van der Waals surface area contributed by atoms with Gasteiger partial charge in [-0.05, 0) is 59.2 Å². The van der Waals surface area contributed by atoms with E-state index >= 15 is 0 Å². The number of hydrogen-bond donors (Lipinski definition) is 4. The SMILES string of the molecule is CC(=O)Nc1ccc(S(=O)(=O)Nc2ccc(Br)cc2C(=O)NC(CC(=O)O)c2ccc(-c3ccccc3)cc2)cc1. The third-order valence-corrected chi connectivity index (χ3v) is 7.93. The van der Waals surface area contributed by atoms with E-state index in [9.17, 15) is 27.9 Å². The van der Waals surface area contributed by atoms with Gasteiger partial charge in [-0.15, -0.1) is 0 Å². The van der Waals surface area contributed by atoms with Gasteiger partial charge in [0.25, 0.3) is 15.9 Å². The second-order valence-electron chi connectivity index (χ2n) is 9.11. The Balaban J connectivity index is 1.58. The van der Waals surface area contributed by atoms with Gasteiger partial charge in [0.05, 0.1) is 28.6 Å². The molecule has 0 bridgehead atoms. The lowest BCUT2D eigenvalue weighted by atomic mass is 9.98. The third kappa shape index (κ3) is 7.80. The molecule has 0 aliphatic carbocycles. The minimum atomic E-state index is -4.11. The van der Waals surface area contributed by atoms with Crippen LogP contribution >= 0.6 is 15.9 Å². The van der Waals surface area contributed by atoms with E-state index in [0.29, 0.717) is 15.7 Å². The molecule has 4 aromatic rings. The molecule has 0 spiro atoms. The first kappa shape index (κ1) is 29.5. The zero-order valence-electron chi connectivity index (χ0n) is 21.8. The van der Waals surface area contributed by atoms with Crippen molar-refractivity contribution in [2.24, 2.45) is 0 Å². The van der Waals surface area contributed by atoms with Gasteiger partial charge in [0.15, 0.2) is 0 Å². The Morgan fingerprint density at radius 3 is 2.10 bits per heavy atom. The first-order valence-electron chi connectivity index (χ1n) is 12.4. The number of hydrogen-bond acceptors (Lipinski definition) is 5. The van der Waals surface area contributed by atoms with Crippen molar-refractivity contribution >= 4 is 55.1 Å². The Labute approximate surface area is 245 Å². The van der Waals surface area contributed by atoms with Crippen molar-refractivity contribution in [2.45, 2.75) is 24.3 Å². The number of carboxylic acid groups (broad SMARTS) is 1. The van der Waals surface area contributed by atoms with Crippen LogP contribution in [0.25, 0.3) is 11.1 Å². The number of carbonyl (C=O) groups is 3.